The average molecular weight is 397 g/mol. The zero-order valence-corrected chi connectivity index (χ0v) is 14.8. The van der Waals surface area contributed by atoms with E-state index in [0.717, 1.165) is 16.9 Å². The number of aryl methyl sites for hydroxylation is 1. The number of nitrogens with zero attached hydrogens (tertiary/aromatic N) is 5. The second-order valence-electron chi connectivity index (χ2n) is 7.08. The van der Waals surface area contributed by atoms with Gasteiger partial charge in [-0.15, -0.1) is 0 Å². The average Bonchev–Trinajstić information content (AvgIpc) is 2.94. The molecule has 2 aromatic rings. The molecule has 4 heterocycles. The van der Waals surface area contributed by atoms with E-state index in [2.05, 4.69) is 10.1 Å². The highest BCUT2D eigenvalue weighted by atomic mass is 19.4. The first-order valence-corrected chi connectivity index (χ1v) is 8.91. The van der Waals surface area contributed by atoms with Gasteiger partial charge in [-0.2, -0.15) is 18.3 Å². The number of aliphatic hydroxyl groups excluding tert-OH is 1. The van der Waals surface area contributed by atoms with Crippen LogP contribution in [0.1, 0.15) is 36.0 Å². The normalized spacial score (nSPS) is 20.0. The van der Waals surface area contributed by atoms with Crippen LogP contribution >= 0.6 is 0 Å². The van der Waals surface area contributed by atoms with Gasteiger partial charge in [0.2, 0.25) is 5.91 Å². The van der Waals surface area contributed by atoms with Gasteiger partial charge in [0, 0.05) is 25.7 Å². The Balaban J connectivity index is 1.57. The SMILES string of the molecule is O=C([C@@H]1CCCc2nn(Cc3ccc(C(F)(F)F)nc3)c(=O)n21)N1CC(O)C1. The number of hydrogen-bond donors (Lipinski definition) is 1. The first-order chi connectivity index (χ1) is 13.2. The van der Waals surface area contributed by atoms with Crippen molar-refractivity contribution in [1.29, 1.82) is 0 Å². The topological polar surface area (TPSA) is 93.2 Å². The Hall–Kier alpha value is -2.69. The maximum Gasteiger partial charge on any atom is 0.433 e. The Labute approximate surface area is 157 Å². The monoisotopic (exact) mass is 397 g/mol. The van der Waals surface area contributed by atoms with E-state index >= 15 is 0 Å². The van der Waals surface area contributed by atoms with E-state index in [9.17, 15) is 27.9 Å². The highest BCUT2D eigenvalue weighted by molar-refractivity contribution is 5.81. The first kappa shape index (κ1) is 18.7. The maximum atomic E-state index is 12.8. The van der Waals surface area contributed by atoms with E-state index in [0.29, 0.717) is 30.7 Å². The minimum atomic E-state index is -4.53. The predicted molar refractivity (Wildman–Crippen MR) is 89.4 cm³/mol. The van der Waals surface area contributed by atoms with Crippen molar-refractivity contribution in [2.24, 2.45) is 0 Å². The molecule has 8 nitrogen and oxygen atoms in total. The van der Waals surface area contributed by atoms with Crippen LogP contribution in [0.3, 0.4) is 0 Å². The first-order valence-electron chi connectivity index (χ1n) is 8.91. The van der Waals surface area contributed by atoms with Gasteiger partial charge in [0.15, 0.2) is 0 Å². The molecule has 1 N–H and O–H groups in total. The third kappa shape index (κ3) is 3.30. The number of aromatic nitrogens is 4. The number of alkyl halides is 3. The second kappa shape index (κ2) is 6.73. The number of fused-ring (bicyclic) bond motifs is 1. The minimum Gasteiger partial charge on any atom is -0.389 e. The summed E-state index contributed by atoms with van der Waals surface area (Å²) in [6.07, 6.45) is -2.24. The molecule has 4 rings (SSSR count). The molecule has 0 unspecified atom stereocenters. The molecule has 0 spiro atoms. The van der Waals surface area contributed by atoms with Gasteiger partial charge in [-0.25, -0.2) is 9.48 Å². The number of pyridine rings is 1. The summed E-state index contributed by atoms with van der Waals surface area (Å²) in [5.74, 6) is 0.264. The van der Waals surface area contributed by atoms with Crippen LogP contribution in [0.2, 0.25) is 0 Å². The summed E-state index contributed by atoms with van der Waals surface area (Å²) in [7, 11) is 0. The number of hydrogen-bond acceptors (Lipinski definition) is 5. The largest absolute Gasteiger partial charge is 0.433 e. The lowest BCUT2D eigenvalue weighted by atomic mass is 10.0. The van der Waals surface area contributed by atoms with Crippen LogP contribution in [0.25, 0.3) is 0 Å². The summed E-state index contributed by atoms with van der Waals surface area (Å²) >= 11 is 0. The molecule has 0 aromatic carbocycles. The number of likely N-dealkylation sites (tertiary alicyclic amines) is 1. The van der Waals surface area contributed by atoms with Crippen molar-refractivity contribution in [3.05, 3.63) is 45.9 Å². The molecular weight excluding hydrogens is 379 g/mol. The lowest BCUT2D eigenvalue weighted by Crippen LogP contribution is -2.56. The molecule has 0 radical (unpaired) electrons. The smallest absolute Gasteiger partial charge is 0.389 e. The van der Waals surface area contributed by atoms with Crippen LogP contribution in [-0.4, -0.2) is 54.4 Å². The van der Waals surface area contributed by atoms with E-state index in [-0.39, 0.29) is 25.5 Å². The van der Waals surface area contributed by atoms with Gasteiger partial charge < -0.3 is 10.0 Å². The molecular formula is C17H18F3N5O3. The molecule has 1 atom stereocenters. The number of carbonyl (C=O) groups excluding carboxylic acids is 1. The summed E-state index contributed by atoms with van der Waals surface area (Å²) in [5, 5.41) is 13.7. The van der Waals surface area contributed by atoms with Gasteiger partial charge in [0.25, 0.3) is 0 Å². The maximum absolute atomic E-state index is 12.8. The lowest BCUT2D eigenvalue weighted by Gasteiger charge is -2.39. The Bertz CT molecular complexity index is 944. The van der Waals surface area contributed by atoms with E-state index in [1.165, 1.54) is 15.5 Å². The summed E-state index contributed by atoms with van der Waals surface area (Å²) < 4.78 is 40.4. The summed E-state index contributed by atoms with van der Waals surface area (Å²) in [6.45, 7) is 0.475. The zero-order valence-electron chi connectivity index (χ0n) is 14.8. The fraction of sp³-hybridized carbons (Fsp3) is 0.529. The Morgan fingerprint density at radius 2 is 2.04 bits per heavy atom. The van der Waals surface area contributed by atoms with E-state index in [1.807, 2.05) is 0 Å². The molecule has 2 aromatic heterocycles. The summed E-state index contributed by atoms with van der Waals surface area (Å²) in [4.78, 5) is 30.3. The third-order valence-electron chi connectivity index (χ3n) is 5.04. The number of carbonyl (C=O) groups is 1. The molecule has 11 heteroatoms. The quantitative estimate of drug-likeness (QED) is 0.818. The van der Waals surface area contributed by atoms with Crippen molar-refractivity contribution >= 4 is 5.91 Å². The number of aliphatic hydroxyl groups is 1. The Morgan fingerprint density at radius 1 is 1.29 bits per heavy atom. The predicted octanol–water partition coefficient (Wildman–Crippen LogP) is 0.587. The van der Waals surface area contributed by atoms with E-state index < -0.39 is 29.7 Å². The second-order valence-corrected chi connectivity index (χ2v) is 7.08. The fourth-order valence-corrected chi connectivity index (χ4v) is 3.57. The van der Waals surface area contributed by atoms with Gasteiger partial charge in [-0.05, 0) is 24.5 Å². The number of β-amino-alcohol motifs (C(OH)–C–C–N with tert-alkyl or cyclic N) is 1. The number of halogens is 3. The van der Waals surface area contributed by atoms with Gasteiger partial charge in [-0.1, -0.05) is 6.07 Å². The Morgan fingerprint density at radius 3 is 2.64 bits per heavy atom. The van der Waals surface area contributed by atoms with Gasteiger partial charge >= 0.3 is 11.9 Å². The van der Waals surface area contributed by atoms with Crippen molar-refractivity contribution in [2.75, 3.05) is 13.1 Å². The van der Waals surface area contributed by atoms with Crippen LogP contribution in [0, 0.1) is 0 Å². The van der Waals surface area contributed by atoms with Crippen molar-refractivity contribution in [2.45, 2.75) is 44.1 Å². The van der Waals surface area contributed by atoms with Crippen LogP contribution in [0.5, 0.6) is 0 Å². The minimum absolute atomic E-state index is 0.0344. The standard InChI is InChI=1S/C17H18F3N5O3/c18-17(19,20)13-5-4-10(6-21-13)7-24-16(28)25-12(2-1-3-14(25)22-24)15(27)23-8-11(26)9-23/h4-6,11-12,26H,1-3,7-9H2/t12-/m0/s1. The van der Waals surface area contributed by atoms with Crippen LogP contribution in [-0.2, 0) is 23.9 Å². The number of rotatable bonds is 3. The molecule has 0 saturated carbocycles. The molecule has 0 aliphatic carbocycles. The summed E-state index contributed by atoms with van der Waals surface area (Å²) in [5.41, 5.74) is -1.08. The van der Waals surface area contributed by atoms with Crippen molar-refractivity contribution < 1.29 is 23.1 Å². The molecule has 1 amide bonds. The van der Waals surface area contributed by atoms with Crippen LogP contribution < -0.4 is 5.69 Å². The van der Waals surface area contributed by atoms with Gasteiger partial charge in [-0.3, -0.25) is 14.3 Å². The van der Waals surface area contributed by atoms with Crippen LogP contribution in [0.15, 0.2) is 23.1 Å². The molecule has 0 bridgehead atoms. The molecule has 2 aliphatic heterocycles. The van der Waals surface area contributed by atoms with Crippen molar-refractivity contribution in [1.82, 2.24) is 24.2 Å². The van der Waals surface area contributed by atoms with Crippen molar-refractivity contribution in [3.63, 3.8) is 0 Å². The zero-order chi connectivity index (χ0) is 20.1. The highest BCUT2D eigenvalue weighted by Gasteiger charge is 2.38. The summed E-state index contributed by atoms with van der Waals surface area (Å²) in [6, 6.07) is 1.45. The third-order valence-corrected chi connectivity index (χ3v) is 5.04. The lowest BCUT2D eigenvalue weighted by molar-refractivity contribution is -0.145. The molecule has 28 heavy (non-hydrogen) atoms. The van der Waals surface area contributed by atoms with E-state index in [1.54, 1.807) is 0 Å². The molecule has 2 aliphatic rings. The Kier molecular flexibility index (Phi) is 4.48. The van der Waals surface area contributed by atoms with Crippen molar-refractivity contribution in [3.8, 4) is 0 Å². The van der Waals surface area contributed by atoms with Crippen LogP contribution in [0.4, 0.5) is 13.2 Å². The van der Waals surface area contributed by atoms with Gasteiger partial charge in [0.05, 0.1) is 12.6 Å². The molecule has 150 valence electrons. The molecule has 1 fully saturated rings. The fourth-order valence-electron chi connectivity index (χ4n) is 3.57. The van der Waals surface area contributed by atoms with Gasteiger partial charge in [0.1, 0.15) is 17.6 Å². The highest BCUT2D eigenvalue weighted by Crippen LogP contribution is 2.28. The number of amides is 1. The molecule has 1 saturated heterocycles. The van der Waals surface area contributed by atoms with E-state index in [4.69, 9.17) is 0 Å².